The zero-order valence-corrected chi connectivity index (χ0v) is 13.2. The van der Waals surface area contributed by atoms with Gasteiger partial charge in [0, 0.05) is 18.2 Å². The van der Waals surface area contributed by atoms with E-state index in [9.17, 15) is 4.79 Å². The number of halogens is 2. The van der Waals surface area contributed by atoms with Crippen LogP contribution in [-0.2, 0) is 0 Å². The molecule has 1 amide bonds. The van der Waals surface area contributed by atoms with Crippen LogP contribution in [0.2, 0.25) is 0 Å². The van der Waals surface area contributed by atoms with Gasteiger partial charge in [-0.3, -0.25) is 4.79 Å². The summed E-state index contributed by atoms with van der Waals surface area (Å²) in [6, 6.07) is 5.71. The van der Waals surface area contributed by atoms with E-state index in [0.29, 0.717) is 18.0 Å². The van der Waals surface area contributed by atoms with Crippen molar-refractivity contribution in [1.29, 1.82) is 0 Å². The Morgan fingerprint density at radius 3 is 2.85 bits per heavy atom. The minimum Gasteiger partial charge on any atom is -0.348 e. The van der Waals surface area contributed by atoms with Gasteiger partial charge in [-0.05, 0) is 37.0 Å². The van der Waals surface area contributed by atoms with Crippen LogP contribution < -0.4 is 11.1 Å². The van der Waals surface area contributed by atoms with E-state index >= 15 is 0 Å². The Balaban J connectivity index is 0.000001000. The molecule has 1 fully saturated rings. The Kier molecular flexibility index (Phi) is 6.20. The molecule has 1 heterocycles. The molecule has 7 heteroatoms. The van der Waals surface area contributed by atoms with Crippen molar-refractivity contribution in [3.05, 3.63) is 29.3 Å². The number of nitrogens with zero attached hydrogens (tertiary/aromatic N) is 1. The predicted molar refractivity (Wildman–Crippen MR) is 87.1 cm³/mol. The maximum absolute atomic E-state index is 12.1. The first kappa shape index (κ1) is 17.2. The molecule has 20 heavy (non-hydrogen) atoms. The maximum atomic E-state index is 12.1. The van der Waals surface area contributed by atoms with Crippen LogP contribution in [0.5, 0.6) is 0 Å². The number of nitrogens with two attached hydrogens (primary N) is 1. The number of fused-ring (bicyclic) bond motifs is 1. The summed E-state index contributed by atoms with van der Waals surface area (Å²) in [5.74, 6) is 0.540. The Hall–Kier alpha value is -0.880. The Bertz CT molecular complexity index is 586. The topological polar surface area (TPSA) is 68.0 Å². The second-order valence-corrected chi connectivity index (χ2v) is 5.57. The first-order valence-corrected chi connectivity index (χ1v) is 7.00. The molecule has 0 aliphatic heterocycles. The molecule has 0 saturated heterocycles. The summed E-state index contributed by atoms with van der Waals surface area (Å²) in [5, 5.41) is 3.02. The summed E-state index contributed by atoms with van der Waals surface area (Å²) in [7, 11) is 0. The molecule has 0 radical (unpaired) electrons. The van der Waals surface area contributed by atoms with Crippen LogP contribution in [0.1, 0.15) is 23.2 Å². The predicted octanol–water partition coefficient (Wildman–Crippen LogP) is 2.61. The highest BCUT2D eigenvalue weighted by molar-refractivity contribution is 7.16. The van der Waals surface area contributed by atoms with Gasteiger partial charge in [-0.1, -0.05) is 0 Å². The second-order valence-electron chi connectivity index (χ2n) is 4.69. The van der Waals surface area contributed by atoms with Crippen molar-refractivity contribution >= 4 is 52.3 Å². The number of amides is 1. The van der Waals surface area contributed by atoms with E-state index in [0.717, 1.165) is 10.2 Å². The number of carbonyl (C=O) groups is 1. The summed E-state index contributed by atoms with van der Waals surface area (Å²) >= 11 is 1.55. The van der Waals surface area contributed by atoms with Crippen molar-refractivity contribution in [2.45, 2.75) is 18.9 Å². The molecular formula is C13H17Cl2N3OS. The van der Waals surface area contributed by atoms with Crippen molar-refractivity contribution in [3.63, 3.8) is 0 Å². The fourth-order valence-electron chi connectivity index (χ4n) is 2.12. The zero-order chi connectivity index (χ0) is 12.5. The van der Waals surface area contributed by atoms with Crippen LogP contribution in [0.3, 0.4) is 0 Å². The molecule has 1 atom stereocenters. The van der Waals surface area contributed by atoms with Crippen molar-refractivity contribution in [2.75, 3.05) is 6.54 Å². The normalized spacial score (nSPS) is 15.1. The number of hydrogen-bond acceptors (Lipinski definition) is 4. The highest BCUT2D eigenvalue weighted by Crippen LogP contribution is 2.32. The van der Waals surface area contributed by atoms with Crippen LogP contribution in [-0.4, -0.2) is 23.5 Å². The fourth-order valence-corrected chi connectivity index (χ4v) is 2.83. The summed E-state index contributed by atoms with van der Waals surface area (Å²) in [6.45, 7) is 0.513. The molecule has 4 nitrogen and oxygen atoms in total. The lowest BCUT2D eigenvalue weighted by atomic mass is 10.1. The van der Waals surface area contributed by atoms with Crippen molar-refractivity contribution in [1.82, 2.24) is 10.3 Å². The van der Waals surface area contributed by atoms with Gasteiger partial charge >= 0.3 is 0 Å². The van der Waals surface area contributed by atoms with Gasteiger partial charge in [0.25, 0.3) is 5.91 Å². The van der Waals surface area contributed by atoms with Gasteiger partial charge in [-0.2, -0.15) is 0 Å². The lowest BCUT2D eigenvalue weighted by Gasteiger charge is -2.15. The lowest BCUT2D eigenvalue weighted by molar-refractivity contribution is 0.0933. The van der Waals surface area contributed by atoms with Crippen molar-refractivity contribution < 1.29 is 4.79 Å². The highest BCUT2D eigenvalue weighted by Gasteiger charge is 2.31. The first-order valence-electron chi connectivity index (χ1n) is 6.12. The van der Waals surface area contributed by atoms with Gasteiger partial charge in [0.2, 0.25) is 0 Å². The van der Waals surface area contributed by atoms with Gasteiger partial charge in [0.1, 0.15) is 0 Å². The van der Waals surface area contributed by atoms with Gasteiger partial charge < -0.3 is 11.1 Å². The van der Waals surface area contributed by atoms with E-state index in [2.05, 4.69) is 10.3 Å². The zero-order valence-electron chi connectivity index (χ0n) is 10.7. The minimum atomic E-state index is -0.0346. The number of thiazole rings is 1. The van der Waals surface area contributed by atoms with Gasteiger partial charge in [0.05, 0.1) is 15.7 Å². The third-order valence-corrected chi connectivity index (χ3v) is 4.15. The van der Waals surface area contributed by atoms with Crippen LogP contribution in [0, 0.1) is 5.92 Å². The molecule has 3 rings (SSSR count). The summed E-state index contributed by atoms with van der Waals surface area (Å²) in [5.41, 5.74) is 9.11. The first-order chi connectivity index (χ1) is 8.78. The van der Waals surface area contributed by atoms with E-state index in [4.69, 9.17) is 5.73 Å². The average molecular weight is 334 g/mol. The van der Waals surface area contributed by atoms with Crippen molar-refractivity contribution in [2.24, 2.45) is 11.7 Å². The summed E-state index contributed by atoms with van der Waals surface area (Å²) in [6.07, 6.45) is 2.35. The number of aromatic nitrogens is 1. The smallest absolute Gasteiger partial charge is 0.251 e. The molecule has 1 aliphatic rings. The number of hydrogen-bond donors (Lipinski definition) is 2. The molecule has 1 saturated carbocycles. The number of carbonyl (C=O) groups excluding carboxylic acids is 1. The Morgan fingerprint density at radius 2 is 2.20 bits per heavy atom. The third kappa shape index (κ3) is 3.61. The molecule has 1 aliphatic carbocycles. The van der Waals surface area contributed by atoms with Gasteiger partial charge in [-0.15, -0.1) is 36.2 Å². The van der Waals surface area contributed by atoms with E-state index < -0.39 is 0 Å². The van der Waals surface area contributed by atoms with Crippen molar-refractivity contribution in [3.8, 4) is 0 Å². The molecule has 110 valence electrons. The van der Waals surface area contributed by atoms with Gasteiger partial charge in [-0.25, -0.2) is 4.98 Å². The van der Waals surface area contributed by atoms with Crippen LogP contribution in [0.4, 0.5) is 0 Å². The highest BCUT2D eigenvalue weighted by atomic mass is 35.5. The Morgan fingerprint density at radius 1 is 1.45 bits per heavy atom. The number of rotatable bonds is 4. The van der Waals surface area contributed by atoms with Crippen LogP contribution in [0.25, 0.3) is 10.2 Å². The molecule has 0 bridgehead atoms. The number of nitrogens with one attached hydrogen (secondary N) is 1. The summed E-state index contributed by atoms with van der Waals surface area (Å²) < 4.78 is 1.04. The molecule has 3 N–H and O–H groups in total. The van der Waals surface area contributed by atoms with E-state index in [1.54, 1.807) is 16.8 Å². The SMILES string of the molecule is Cl.Cl.NCC(NC(=O)c1ccc2ncsc2c1)C1CC1. The molecule has 1 aromatic carbocycles. The number of benzene rings is 1. The maximum Gasteiger partial charge on any atom is 0.251 e. The average Bonchev–Trinajstić information content (AvgIpc) is 3.12. The van der Waals surface area contributed by atoms with E-state index in [1.807, 2.05) is 18.2 Å². The third-order valence-electron chi connectivity index (χ3n) is 3.35. The van der Waals surface area contributed by atoms with Gasteiger partial charge in [0.15, 0.2) is 0 Å². The fraction of sp³-hybridized carbons (Fsp3) is 0.385. The molecule has 0 spiro atoms. The molecule has 2 aromatic rings. The molecule has 1 unspecified atom stereocenters. The minimum absolute atomic E-state index is 0. The standard InChI is InChI=1S/C13H15N3OS.2ClH/c14-6-11(8-1-2-8)16-13(17)9-3-4-10-12(5-9)18-7-15-10;;/h3-5,7-8,11H,1-2,6,14H2,(H,16,17);2*1H. The monoisotopic (exact) mass is 333 g/mol. The van der Waals surface area contributed by atoms with Crippen LogP contribution in [0.15, 0.2) is 23.7 Å². The lowest BCUT2D eigenvalue weighted by Crippen LogP contribution is -2.41. The van der Waals surface area contributed by atoms with E-state index in [-0.39, 0.29) is 36.8 Å². The van der Waals surface area contributed by atoms with Crippen LogP contribution >= 0.6 is 36.2 Å². The quantitative estimate of drug-likeness (QED) is 0.903. The molecule has 1 aromatic heterocycles. The largest absolute Gasteiger partial charge is 0.348 e. The second kappa shape index (κ2) is 7.22. The summed E-state index contributed by atoms with van der Waals surface area (Å²) in [4.78, 5) is 16.3. The Labute approximate surface area is 134 Å². The molecular weight excluding hydrogens is 317 g/mol. The van der Waals surface area contributed by atoms with E-state index in [1.165, 1.54) is 12.8 Å².